The van der Waals surface area contributed by atoms with Gasteiger partial charge < -0.3 is 15.8 Å². The van der Waals surface area contributed by atoms with Gasteiger partial charge in [-0.3, -0.25) is 4.79 Å². The molecule has 4 nitrogen and oxygen atoms in total. The number of hydrogen-bond acceptors (Lipinski definition) is 4. The number of amides is 1. The Morgan fingerprint density at radius 1 is 1.33 bits per heavy atom. The minimum atomic E-state index is -0.538. The van der Waals surface area contributed by atoms with Gasteiger partial charge in [0, 0.05) is 11.4 Å². The Labute approximate surface area is 135 Å². The molecule has 1 aliphatic rings. The van der Waals surface area contributed by atoms with Crippen LogP contribution in [0, 0.1) is 0 Å². The fourth-order valence-electron chi connectivity index (χ4n) is 2.77. The average molecular weight is 326 g/mol. The molecule has 0 bridgehead atoms. The van der Waals surface area contributed by atoms with Crippen molar-refractivity contribution in [2.24, 2.45) is 5.73 Å². The largest absolute Gasteiger partial charge is 0.496 e. The zero-order valence-corrected chi connectivity index (χ0v) is 13.9. The van der Waals surface area contributed by atoms with Crippen LogP contribution in [-0.2, 0) is 0 Å². The Morgan fingerprint density at radius 2 is 1.95 bits per heavy atom. The second-order valence-electron chi connectivity index (χ2n) is 5.52. The van der Waals surface area contributed by atoms with E-state index in [2.05, 4.69) is 5.32 Å². The maximum absolute atomic E-state index is 12.5. The number of methoxy groups -OCH3 is 1. The number of thiophene rings is 1. The van der Waals surface area contributed by atoms with E-state index in [-0.39, 0.29) is 5.91 Å². The van der Waals surface area contributed by atoms with E-state index >= 15 is 0 Å². The fourth-order valence-corrected chi connectivity index (χ4v) is 3.77. The molecule has 0 aliphatic heterocycles. The summed E-state index contributed by atoms with van der Waals surface area (Å²) in [5.74, 6) is 0.587. The summed E-state index contributed by atoms with van der Waals surface area (Å²) >= 11 is 6.64. The summed E-state index contributed by atoms with van der Waals surface area (Å²) in [6, 6.07) is 1.75. The van der Waals surface area contributed by atoms with E-state index in [1.165, 1.54) is 30.6 Å². The number of thiocarbonyl (C=S) groups is 1. The van der Waals surface area contributed by atoms with Crippen LogP contribution < -0.4 is 15.8 Å². The highest BCUT2D eigenvalue weighted by molar-refractivity contribution is 7.80. The van der Waals surface area contributed by atoms with Crippen molar-refractivity contribution in [3.8, 4) is 5.75 Å². The summed E-state index contributed by atoms with van der Waals surface area (Å²) in [7, 11) is 1.59. The highest BCUT2D eigenvalue weighted by Crippen LogP contribution is 2.28. The molecule has 0 aromatic carbocycles. The van der Waals surface area contributed by atoms with Gasteiger partial charge in [0.05, 0.1) is 22.5 Å². The molecule has 0 radical (unpaired) electrons. The Morgan fingerprint density at radius 3 is 2.48 bits per heavy atom. The third kappa shape index (κ3) is 3.95. The molecule has 0 spiro atoms. The number of hydrogen-bond donors (Lipinski definition) is 2. The topological polar surface area (TPSA) is 64.3 Å². The predicted octanol–water partition coefficient (Wildman–Crippen LogP) is 3.26. The van der Waals surface area contributed by atoms with Crippen molar-refractivity contribution in [3.05, 3.63) is 16.3 Å². The van der Waals surface area contributed by atoms with Crippen molar-refractivity contribution in [2.45, 2.75) is 50.5 Å². The summed E-state index contributed by atoms with van der Waals surface area (Å²) in [5, 5.41) is 4.92. The first-order valence-electron chi connectivity index (χ1n) is 7.32. The van der Waals surface area contributed by atoms with E-state index in [1.807, 2.05) is 5.38 Å². The van der Waals surface area contributed by atoms with Gasteiger partial charge in [0.15, 0.2) is 0 Å². The second-order valence-corrected chi connectivity index (χ2v) is 6.87. The third-order valence-electron chi connectivity index (χ3n) is 4.07. The average Bonchev–Trinajstić information content (AvgIpc) is 2.90. The monoisotopic (exact) mass is 326 g/mol. The fraction of sp³-hybridized carbons (Fsp3) is 0.600. The van der Waals surface area contributed by atoms with Gasteiger partial charge in [0.1, 0.15) is 5.75 Å². The van der Waals surface area contributed by atoms with Gasteiger partial charge in [-0.1, -0.05) is 44.3 Å². The van der Waals surface area contributed by atoms with Crippen molar-refractivity contribution in [2.75, 3.05) is 7.11 Å². The van der Waals surface area contributed by atoms with E-state index in [9.17, 15) is 4.79 Å². The summed E-state index contributed by atoms with van der Waals surface area (Å²) in [5.41, 5.74) is 5.44. The first kappa shape index (κ1) is 16.2. The van der Waals surface area contributed by atoms with Crippen LogP contribution in [0.15, 0.2) is 11.4 Å². The summed E-state index contributed by atoms with van der Waals surface area (Å²) in [6.45, 7) is 0. The van der Waals surface area contributed by atoms with Crippen LogP contribution in [0.2, 0.25) is 0 Å². The van der Waals surface area contributed by atoms with E-state index < -0.39 is 5.54 Å². The lowest BCUT2D eigenvalue weighted by molar-refractivity contribution is 0.0917. The molecule has 1 aromatic rings. The molecule has 1 heterocycles. The zero-order valence-electron chi connectivity index (χ0n) is 12.3. The smallest absolute Gasteiger partial charge is 0.262 e. The number of carbonyl (C=O) groups is 1. The van der Waals surface area contributed by atoms with Crippen molar-refractivity contribution < 1.29 is 9.53 Å². The number of nitrogens with one attached hydrogen (secondary N) is 1. The van der Waals surface area contributed by atoms with Crippen LogP contribution in [0.25, 0.3) is 0 Å². The van der Waals surface area contributed by atoms with E-state index in [1.54, 1.807) is 13.2 Å². The van der Waals surface area contributed by atoms with Crippen molar-refractivity contribution in [1.82, 2.24) is 5.32 Å². The number of rotatable bonds is 4. The van der Waals surface area contributed by atoms with Crippen LogP contribution in [0.3, 0.4) is 0 Å². The molecule has 1 saturated carbocycles. The molecule has 3 N–H and O–H groups in total. The Hall–Kier alpha value is -1.14. The second kappa shape index (κ2) is 7.22. The molecule has 116 valence electrons. The zero-order chi connectivity index (χ0) is 15.3. The molecule has 6 heteroatoms. The molecular weight excluding hydrogens is 304 g/mol. The van der Waals surface area contributed by atoms with E-state index in [0.29, 0.717) is 15.6 Å². The van der Waals surface area contributed by atoms with Crippen molar-refractivity contribution in [3.63, 3.8) is 0 Å². The molecule has 0 unspecified atom stereocenters. The maximum atomic E-state index is 12.5. The highest BCUT2D eigenvalue weighted by atomic mass is 32.1. The maximum Gasteiger partial charge on any atom is 0.262 e. The van der Waals surface area contributed by atoms with Crippen LogP contribution in [0.4, 0.5) is 0 Å². The van der Waals surface area contributed by atoms with Crippen LogP contribution >= 0.6 is 23.6 Å². The lowest BCUT2D eigenvalue weighted by Gasteiger charge is -2.35. The third-order valence-corrected chi connectivity index (χ3v) is 5.36. The number of carbonyl (C=O) groups excluding carboxylic acids is 1. The molecular formula is C15H22N2O2S2. The highest BCUT2D eigenvalue weighted by Gasteiger charge is 2.35. The Balaban J connectivity index is 2.14. The Bertz CT molecular complexity index is 506. The van der Waals surface area contributed by atoms with Gasteiger partial charge in [-0.2, -0.15) is 0 Å². The van der Waals surface area contributed by atoms with Gasteiger partial charge in [0.2, 0.25) is 0 Å². The number of ether oxygens (including phenoxy) is 1. The lowest BCUT2D eigenvalue weighted by atomic mass is 9.83. The van der Waals surface area contributed by atoms with Crippen molar-refractivity contribution in [1.29, 1.82) is 0 Å². The Kier molecular flexibility index (Phi) is 5.58. The van der Waals surface area contributed by atoms with Gasteiger partial charge in [-0.25, -0.2) is 0 Å². The standard InChI is InChI=1S/C15H22N2O2S2/c1-19-11-9-12(21-10-11)13(18)17-15(14(16)20)7-5-3-2-4-6-8-15/h9-10H,2-8H2,1H3,(H2,16,20)(H,17,18). The normalized spacial score (nSPS) is 18.3. The van der Waals surface area contributed by atoms with Crippen LogP contribution in [0.5, 0.6) is 5.75 Å². The SMILES string of the molecule is COc1csc(C(=O)NC2(C(N)=S)CCCCCCC2)c1. The lowest BCUT2D eigenvalue weighted by Crippen LogP contribution is -2.56. The van der Waals surface area contributed by atoms with Gasteiger partial charge >= 0.3 is 0 Å². The molecule has 1 aromatic heterocycles. The molecule has 0 atom stereocenters. The molecule has 0 saturated heterocycles. The molecule has 1 fully saturated rings. The van der Waals surface area contributed by atoms with E-state index in [4.69, 9.17) is 22.7 Å². The summed E-state index contributed by atoms with van der Waals surface area (Å²) in [4.78, 5) is 13.5. The predicted molar refractivity (Wildman–Crippen MR) is 90.2 cm³/mol. The number of nitrogens with two attached hydrogens (primary N) is 1. The van der Waals surface area contributed by atoms with E-state index in [0.717, 1.165) is 25.7 Å². The molecule has 2 rings (SSSR count). The van der Waals surface area contributed by atoms with Gasteiger partial charge in [0.25, 0.3) is 5.91 Å². The van der Waals surface area contributed by atoms with Crippen molar-refractivity contribution >= 4 is 34.5 Å². The van der Waals surface area contributed by atoms with Gasteiger partial charge in [-0.05, 0) is 12.8 Å². The minimum absolute atomic E-state index is 0.114. The first-order valence-corrected chi connectivity index (χ1v) is 8.61. The quantitative estimate of drug-likeness (QED) is 0.834. The molecule has 21 heavy (non-hydrogen) atoms. The summed E-state index contributed by atoms with van der Waals surface area (Å²) < 4.78 is 5.12. The molecule has 1 amide bonds. The molecule has 1 aliphatic carbocycles. The summed E-state index contributed by atoms with van der Waals surface area (Å²) in [6.07, 6.45) is 7.35. The minimum Gasteiger partial charge on any atom is -0.496 e. The van der Waals surface area contributed by atoms with Crippen LogP contribution in [-0.4, -0.2) is 23.5 Å². The first-order chi connectivity index (χ1) is 10.1. The van der Waals surface area contributed by atoms with Crippen LogP contribution in [0.1, 0.15) is 54.6 Å². The van der Waals surface area contributed by atoms with Gasteiger partial charge in [-0.15, -0.1) is 11.3 Å².